The number of alkyl halides is 3. The molecule has 0 aromatic carbocycles. The van der Waals surface area contributed by atoms with Gasteiger partial charge < -0.3 is 10.6 Å². The lowest BCUT2D eigenvalue weighted by molar-refractivity contribution is -0.137. The summed E-state index contributed by atoms with van der Waals surface area (Å²) in [4.78, 5) is 4.09. The summed E-state index contributed by atoms with van der Waals surface area (Å²) in [6.45, 7) is 2.31. The maximum Gasteiger partial charge on any atom is 0.416 e. The zero-order valence-electron chi connectivity index (χ0n) is 10.1. The molecule has 0 spiro atoms. The molecule has 3 nitrogen and oxygen atoms in total. The molecule has 0 saturated heterocycles. The lowest BCUT2D eigenvalue weighted by Crippen LogP contribution is -2.09. The van der Waals surface area contributed by atoms with E-state index >= 15 is 0 Å². The highest BCUT2D eigenvalue weighted by Gasteiger charge is 2.31. The minimum Gasteiger partial charge on any atom is -0.370 e. The Morgan fingerprint density at radius 3 is 2.58 bits per heavy atom. The first kappa shape index (κ1) is 13.7. The Balaban J connectivity index is 2.34. The van der Waals surface area contributed by atoms with Crippen molar-refractivity contribution in [3.05, 3.63) is 34.5 Å². The van der Waals surface area contributed by atoms with Crippen LogP contribution in [0.1, 0.15) is 12.5 Å². The Labute approximate surface area is 112 Å². The van der Waals surface area contributed by atoms with Crippen LogP contribution in [0.5, 0.6) is 0 Å². The van der Waals surface area contributed by atoms with Gasteiger partial charge in [0.05, 0.1) is 11.3 Å². The van der Waals surface area contributed by atoms with Gasteiger partial charge in [-0.15, -0.1) is 0 Å². The number of hydrogen-bond donors (Lipinski definition) is 2. The van der Waals surface area contributed by atoms with Crippen molar-refractivity contribution in [2.45, 2.75) is 13.1 Å². The van der Waals surface area contributed by atoms with Gasteiger partial charge in [0.15, 0.2) is 0 Å². The summed E-state index contributed by atoms with van der Waals surface area (Å²) in [7, 11) is 0. The molecule has 7 heteroatoms. The fourth-order valence-electron chi connectivity index (χ4n) is 1.51. The van der Waals surface area contributed by atoms with Crippen LogP contribution in [-0.4, -0.2) is 11.5 Å². The summed E-state index contributed by atoms with van der Waals surface area (Å²) in [6.07, 6.45) is -4.39. The number of hydrogen-bond acceptors (Lipinski definition) is 4. The molecule has 0 aliphatic heterocycles. The third-order valence-electron chi connectivity index (χ3n) is 2.30. The van der Waals surface area contributed by atoms with E-state index in [2.05, 4.69) is 15.6 Å². The summed E-state index contributed by atoms with van der Waals surface area (Å²) in [5, 5.41) is 9.28. The van der Waals surface area contributed by atoms with Gasteiger partial charge >= 0.3 is 6.18 Å². The Morgan fingerprint density at radius 1 is 1.26 bits per heavy atom. The van der Waals surface area contributed by atoms with E-state index in [0.29, 0.717) is 6.54 Å². The van der Waals surface area contributed by atoms with Gasteiger partial charge in [-0.25, -0.2) is 4.98 Å². The Kier molecular flexibility index (Phi) is 3.94. The third kappa shape index (κ3) is 3.60. The van der Waals surface area contributed by atoms with Gasteiger partial charge in [0.2, 0.25) is 0 Å². The summed E-state index contributed by atoms with van der Waals surface area (Å²) in [6, 6.07) is 3.78. The molecule has 0 fully saturated rings. The van der Waals surface area contributed by atoms with E-state index in [-0.39, 0.29) is 11.6 Å². The molecule has 2 N–H and O–H groups in total. The molecule has 0 amide bonds. The van der Waals surface area contributed by atoms with Gasteiger partial charge in [-0.2, -0.15) is 24.5 Å². The van der Waals surface area contributed by atoms with Crippen LogP contribution in [0.15, 0.2) is 29.0 Å². The Hall–Kier alpha value is -1.76. The summed E-state index contributed by atoms with van der Waals surface area (Å²) in [5.41, 5.74) is -0.00421. The number of aromatic nitrogens is 1. The van der Waals surface area contributed by atoms with Crippen LogP contribution in [-0.2, 0) is 6.18 Å². The predicted octanol–water partition coefficient (Wildman–Crippen LogP) is 4.34. The first-order valence-electron chi connectivity index (χ1n) is 5.61. The van der Waals surface area contributed by atoms with E-state index in [9.17, 15) is 13.2 Å². The number of pyridine rings is 1. The van der Waals surface area contributed by atoms with Gasteiger partial charge in [0.25, 0.3) is 0 Å². The average Bonchev–Trinajstić information content (AvgIpc) is 2.81. The Morgan fingerprint density at radius 2 is 2.00 bits per heavy atom. The van der Waals surface area contributed by atoms with Crippen LogP contribution in [0.2, 0.25) is 0 Å². The van der Waals surface area contributed by atoms with Gasteiger partial charge in [0, 0.05) is 11.9 Å². The van der Waals surface area contributed by atoms with Crippen molar-refractivity contribution in [3.63, 3.8) is 0 Å². The van der Waals surface area contributed by atoms with Crippen LogP contribution in [0.3, 0.4) is 0 Å². The first-order chi connectivity index (χ1) is 8.99. The number of thiophene rings is 1. The van der Waals surface area contributed by atoms with E-state index in [1.54, 1.807) is 18.4 Å². The maximum absolute atomic E-state index is 12.8. The van der Waals surface area contributed by atoms with Crippen molar-refractivity contribution in [3.8, 4) is 0 Å². The molecule has 0 unspecified atom stereocenters. The molecular weight excluding hydrogens is 275 g/mol. The predicted molar refractivity (Wildman–Crippen MR) is 71.0 cm³/mol. The van der Waals surface area contributed by atoms with Crippen molar-refractivity contribution in [1.29, 1.82) is 0 Å². The van der Waals surface area contributed by atoms with Crippen LogP contribution in [0.25, 0.3) is 0 Å². The average molecular weight is 287 g/mol. The van der Waals surface area contributed by atoms with Gasteiger partial charge in [-0.3, -0.25) is 0 Å². The molecule has 2 aromatic rings. The normalized spacial score (nSPS) is 11.4. The van der Waals surface area contributed by atoms with Crippen molar-refractivity contribution in [2.24, 2.45) is 0 Å². The Bertz CT molecular complexity index is 538. The second-order valence-corrected chi connectivity index (χ2v) is 4.57. The molecular formula is C12H12F3N3S. The molecule has 2 heterocycles. The maximum atomic E-state index is 12.8. The van der Waals surface area contributed by atoms with Crippen LogP contribution in [0, 0.1) is 0 Å². The largest absolute Gasteiger partial charge is 0.416 e. The van der Waals surface area contributed by atoms with Gasteiger partial charge in [-0.1, -0.05) is 0 Å². The highest BCUT2D eigenvalue weighted by atomic mass is 32.1. The van der Waals surface area contributed by atoms with E-state index in [1.165, 1.54) is 11.3 Å². The number of nitrogens with one attached hydrogen (secondary N) is 2. The topological polar surface area (TPSA) is 37.0 Å². The van der Waals surface area contributed by atoms with E-state index in [0.717, 1.165) is 17.8 Å². The van der Waals surface area contributed by atoms with Crippen LogP contribution in [0.4, 0.5) is 30.5 Å². The number of anilines is 3. The minimum atomic E-state index is -4.39. The smallest absolute Gasteiger partial charge is 0.370 e. The van der Waals surface area contributed by atoms with Crippen molar-refractivity contribution < 1.29 is 13.2 Å². The lowest BCUT2D eigenvalue weighted by atomic mass is 10.2. The number of halogens is 3. The van der Waals surface area contributed by atoms with Gasteiger partial charge in [-0.05, 0) is 30.5 Å². The van der Waals surface area contributed by atoms with Crippen LogP contribution >= 0.6 is 11.3 Å². The fraction of sp³-hybridized carbons (Fsp3) is 0.250. The SMILES string of the molecule is CCNc1cc(C(F)(F)F)cc(Nc2ccsc2)n1. The van der Waals surface area contributed by atoms with E-state index in [1.807, 2.05) is 5.38 Å². The monoisotopic (exact) mass is 287 g/mol. The zero-order chi connectivity index (χ0) is 13.9. The molecule has 102 valence electrons. The van der Waals surface area contributed by atoms with E-state index < -0.39 is 11.7 Å². The standard InChI is InChI=1S/C12H12F3N3S/c1-2-16-10-5-8(12(13,14)15)6-11(18-10)17-9-3-4-19-7-9/h3-7H,2H2,1H3,(H2,16,17,18). The van der Waals surface area contributed by atoms with Gasteiger partial charge in [0.1, 0.15) is 11.6 Å². The highest BCUT2D eigenvalue weighted by Crippen LogP contribution is 2.32. The molecule has 2 rings (SSSR count). The summed E-state index contributed by atoms with van der Waals surface area (Å²) < 4.78 is 38.4. The van der Waals surface area contributed by atoms with E-state index in [4.69, 9.17) is 0 Å². The first-order valence-corrected chi connectivity index (χ1v) is 6.55. The third-order valence-corrected chi connectivity index (χ3v) is 2.99. The number of rotatable bonds is 4. The van der Waals surface area contributed by atoms with Crippen molar-refractivity contribution in [2.75, 3.05) is 17.2 Å². The highest BCUT2D eigenvalue weighted by molar-refractivity contribution is 7.08. The van der Waals surface area contributed by atoms with Crippen molar-refractivity contribution in [1.82, 2.24) is 4.98 Å². The number of nitrogens with zero attached hydrogens (tertiary/aromatic N) is 1. The molecule has 0 atom stereocenters. The van der Waals surface area contributed by atoms with Crippen molar-refractivity contribution >= 4 is 28.7 Å². The zero-order valence-corrected chi connectivity index (χ0v) is 10.9. The second-order valence-electron chi connectivity index (χ2n) is 3.79. The lowest BCUT2D eigenvalue weighted by Gasteiger charge is -2.12. The summed E-state index contributed by atoms with van der Waals surface area (Å²) >= 11 is 1.45. The molecule has 0 aliphatic carbocycles. The second kappa shape index (κ2) is 5.48. The molecule has 0 aliphatic rings. The summed E-state index contributed by atoms with van der Waals surface area (Å²) in [5.74, 6) is 0.374. The molecule has 0 bridgehead atoms. The molecule has 0 saturated carbocycles. The van der Waals surface area contributed by atoms with Crippen LogP contribution < -0.4 is 10.6 Å². The molecule has 0 radical (unpaired) electrons. The fourth-order valence-corrected chi connectivity index (χ4v) is 2.10. The minimum absolute atomic E-state index is 0.171. The quantitative estimate of drug-likeness (QED) is 0.878. The molecule has 19 heavy (non-hydrogen) atoms. The molecule has 2 aromatic heterocycles.